The zero-order chi connectivity index (χ0) is 16.8. The number of nitrogens with two attached hydrogens (primary N) is 1. The van der Waals surface area contributed by atoms with Crippen LogP contribution in [0.3, 0.4) is 0 Å². The molecule has 1 aliphatic carbocycles. The zero-order valence-electron chi connectivity index (χ0n) is 14.5. The molecule has 2 rings (SSSR count). The average molecular weight is 359 g/mol. The second-order valence-corrected chi connectivity index (χ2v) is 5.80. The molecule has 0 bridgehead atoms. The molecule has 136 valence electrons. The third-order valence-corrected chi connectivity index (χ3v) is 4.17. The van der Waals surface area contributed by atoms with Gasteiger partial charge in [-0.05, 0) is 36.8 Å². The van der Waals surface area contributed by atoms with E-state index in [1.54, 1.807) is 21.3 Å². The second kappa shape index (κ2) is 9.59. The number of methoxy groups -OCH3 is 3. The van der Waals surface area contributed by atoms with Gasteiger partial charge in [-0.25, -0.2) is 0 Å². The maximum Gasteiger partial charge on any atom is 0.220 e. The van der Waals surface area contributed by atoms with Crippen molar-refractivity contribution in [1.29, 1.82) is 0 Å². The molecule has 0 spiro atoms. The lowest BCUT2D eigenvalue weighted by molar-refractivity contribution is -0.121. The summed E-state index contributed by atoms with van der Waals surface area (Å²) >= 11 is 0. The molecular weight excluding hydrogens is 332 g/mol. The Bertz CT molecular complexity index is 550. The fraction of sp³-hybridized carbons (Fsp3) is 0.588. The molecule has 1 atom stereocenters. The number of benzene rings is 1. The number of carbonyl (C=O) groups is 1. The molecule has 1 amide bonds. The lowest BCUT2D eigenvalue weighted by Gasteiger charge is -2.16. The first-order valence-electron chi connectivity index (χ1n) is 7.90. The van der Waals surface area contributed by atoms with Gasteiger partial charge < -0.3 is 25.3 Å². The molecule has 7 heteroatoms. The molecular formula is C17H27ClN2O4. The Morgan fingerprint density at radius 1 is 1.21 bits per heavy atom. The summed E-state index contributed by atoms with van der Waals surface area (Å²) in [4.78, 5) is 12.0. The zero-order valence-corrected chi connectivity index (χ0v) is 15.3. The molecule has 24 heavy (non-hydrogen) atoms. The molecule has 1 fully saturated rings. The SMILES string of the molecule is COc1ccc(CCC(=O)NCC(N)C2CC2)c(OC)c1OC.Cl. The molecule has 0 aliphatic heterocycles. The highest BCUT2D eigenvalue weighted by atomic mass is 35.5. The third kappa shape index (κ3) is 5.18. The molecule has 1 saturated carbocycles. The first-order chi connectivity index (χ1) is 11.1. The van der Waals surface area contributed by atoms with Crippen molar-refractivity contribution >= 4 is 18.3 Å². The molecule has 0 heterocycles. The topological polar surface area (TPSA) is 82.8 Å². The fourth-order valence-electron chi connectivity index (χ4n) is 2.62. The Morgan fingerprint density at radius 2 is 1.88 bits per heavy atom. The highest BCUT2D eigenvalue weighted by Gasteiger charge is 2.28. The van der Waals surface area contributed by atoms with Crippen molar-refractivity contribution in [2.24, 2.45) is 11.7 Å². The summed E-state index contributed by atoms with van der Waals surface area (Å²) in [6.07, 6.45) is 3.30. The van der Waals surface area contributed by atoms with Crippen LogP contribution in [0.1, 0.15) is 24.8 Å². The van der Waals surface area contributed by atoms with E-state index in [2.05, 4.69) is 5.32 Å². The Hall–Kier alpha value is -1.66. The smallest absolute Gasteiger partial charge is 0.220 e. The average Bonchev–Trinajstić information content (AvgIpc) is 3.41. The van der Waals surface area contributed by atoms with Gasteiger partial charge in [0.1, 0.15) is 0 Å². The number of aryl methyl sites for hydroxylation is 1. The minimum atomic E-state index is -0.00191. The molecule has 0 radical (unpaired) electrons. The Kier molecular flexibility index (Phi) is 8.15. The van der Waals surface area contributed by atoms with Crippen molar-refractivity contribution in [2.75, 3.05) is 27.9 Å². The summed E-state index contributed by atoms with van der Waals surface area (Å²) in [7, 11) is 4.72. The normalized spacial score (nSPS) is 14.3. The second-order valence-electron chi connectivity index (χ2n) is 5.80. The predicted octanol–water partition coefficient (Wildman–Crippen LogP) is 1.92. The van der Waals surface area contributed by atoms with Gasteiger partial charge in [0.05, 0.1) is 21.3 Å². The predicted molar refractivity (Wildman–Crippen MR) is 95.4 cm³/mol. The quantitative estimate of drug-likeness (QED) is 0.704. The van der Waals surface area contributed by atoms with Crippen LogP contribution >= 0.6 is 12.4 Å². The van der Waals surface area contributed by atoms with Gasteiger partial charge in [0.2, 0.25) is 11.7 Å². The van der Waals surface area contributed by atoms with Gasteiger partial charge in [-0.1, -0.05) is 6.07 Å². The minimum absolute atomic E-state index is 0. The molecule has 0 saturated heterocycles. The van der Waals surface area contributed by atoms with Crippen molar-refractivity contribution in [3.63, 3.8) is 0 Å². The van der Waals surface area contributed by atoms with Crippen LogP contribution < -0.4 is 25.3 Å². The summed E-state index contributed by atoms with van der Waals surface area (Å²) in [6, 6.07) is 3.79. The van der Waals surface area contributed by atoms with Gasteiger partial charge in [-0.15, -0.1) is 12.4 Å². The van der Waals surface area contributed by atoms with Gasteiger partial charge in [0.25, 0.3) is 0 Å². The van der Waals surface area contributed by atoms with Crippen LogP contribution in [0.25, 0.3) is 0 Å². The van der Waals surface area contributed by atoms with Crippen LogP contribution in [0.5, 0.6) is 17.2 Å². The van der Waals surface area contributed by atoms with E-state index in [0.717, 1.165) is 5.56 Å². The number of hydrogen-bond donors (Lipinski definition) is 2. The maximum atomic E-state index is 12.0. The Morgan fingerprint density at radius 3 is 2.42 bits per heavy atom. The molecule has 1 aromatic carbocycles. The number of halogens is 1. The molecule has 1 aliphatic rings. The minimum Gasteiger partial charge on any atom is -0.493 e. The summed E-state index contributed by atoms with van der Waals surface area (Å²) in [6.45, 7) is 0.548. The van der Waals surface area contributed by atoms with Crippen LogP contribution in [0.2, 0.25) is 0 Å². The molecule has 3 N–H and O–H groups in total. The van der Waals surface area contributed by atoms with Gasteiger partial charge in [-0.3, -0.25) is 4.79 Å². The highest BCUT2D eigenvalue weighted by Crippen LogP contribution is 2.40. The van der Waals surface area contributed by atoms with Crippen LogP contribution in [0.15, 0.2) is 12.1 Å². The van der Waals surface area contributed by atoms with Crippen molar-refractivity contribution < 1.29 is 19.0 Å². The lowest BCUT2D eigenvalue weighted by atomic mass is 10.1. The fourth-order valence-corrected chi connectivity index (χ4v) is 2.62. The number of nitrogens with one attached hydrogen (secondary N) is 1. The summed E-state index contributed by atoms with van der Waals surface area (Å²) < 4.78 is 16.0. The van der Waals surface area contributed by atoms with E-state index in [1.165, 1.54) is 12.8 Å². The summed E-state index contributed by atoms with van der Waals surface area (Å²) in [5.41, 5.74) is 6.89. The standard InChI is InChI=1S/C17H26N2O4.ClH/c1-21-14-8-6-12(16(22-2)17(14)23-3)7-9-15(20)19-10-13(18)11-4-5-11;/h6,8,11,13H,4-5,7,9-10,18H2,1-3H3,(H,19,20);1H. The van der Waals surface area contributed by atoms with E-state index in [0.29, 0.717) is 42.6 Å². The number of carbonyl (C=O) groups excluding carboxylic acids is 1. The number of rotatable bonds is 9. The van der Waals surface area contributed by atoms with Crippen LogP contribution in [0.4, 0.5) is 0 Å². The van der Waals surface area contributed by atoms with Crippen molar-refractivity contribution in [3.05, 3.63) is 17.7 Å². The number of ether oxygens (including phenoxy) is 3. The van der Waals surface area contributed by atoms with Crippen molar-refractivity contribution in [1.82, 2.24) is 5.32 Å². The van der Waals surface area contributed by atoms with Crippen LogP contribution in [-0.2, 0) is 11.2 Å². The van der Waals surface area contributed by atoms with Gasteiger partial charge >= 0.3 is 0 Å². The highest BCUT2D eigenvalue weighted by molar-refractivity contribution is 5.85. The molecule has 1 aromatic rings. The van der Waals surface area contributed by atoms with E-state index in [1.807, 2.05) is 12.1 Å². The molecule has 6 nitrogen and oxygen atoms in total. The van der Waals surface area contributed by atoms with E-state index in [-0.39, 0.29) is 24.4 Å². The van der Waals surface area contributed by atoms with E-state index >= 15 is 0 Å². The van der Waals surface area contributed by atoms with Crippen molar-refractivity contribution in [2.45, 2.75) is 31.7 Å². The van der Waals surface area contributed by atoms with Crippen molar-refractivity contribution in [3.8, 4) is 17.2 Å². The van der Waals surface area contributed by atoms with E-state index in [9.17, 15) is 4.79 Å². The molecule has 0 aromatic heterocycles. The monoisotopic (exact) mass is 358 g/mol. The summed E-state index contributed by atoms with van der Waals surface area (Å²) in [5, 5.41) is 2.90. The Balaban J connectivity index is 0.00000288. The maximum absolute atomic E-state index is 12.0. The van der Waals surface area contributed by atoms with Gasteiger partial charge in [0, 0.05) is 19.0 Å². The van der Waals surface area contributed by atoms with Crippen LogP contribution in [-0.4, -0.2) is 39.8 Å². The largest absolute Gasteiger partial charge is 0.493 e. The number of amides is 1. The van der Waals surface area contributed by atoms with E-state index < -0.39 is 0 Å². The lowest BCUT2D eigenvalue weighted by Crippen LogP contribution is -2.38. The molecule has 1 unspecified atom stereocenters. The van der Waals surface area contributed by atoms with Gasteiger partial charge in [-0.2, -0.15) is 0 Å². The Labute approximate surface area is 149 Å². The third-order valence-electron chi connectivity index (χ3n) is 4.17. The van der Waals surface area contributed by atoms with Crippen LogP contribution in [0, 0.1) is 5.92 Å². The number of hydrogen-bond acceptors (Lipinski definition) is 5. The summed E-state index contributed by atoms with van der Waals surface area (Å²) in [5.74, 6) is 2.34. The van der Waals surface area contributed by atoms with Gasteiger partial charge in [0.15, 0.2) is 11.5 Å². The van der Waals surface area contributed by atoms with E-state index in [4.69, 9.17) is 19.9 Å². The first kappa shape index (κ1) is 20.4. The first-order valence-corrected chi connectivity index (χ1v) is 7.90.